The van der Waals surface area contributed by atoms with Gasteiger partial charge in [-0.05, 0) is 43.3 Å². The van der Waals surface area contributed by atoms with Gasteiger partial charge in [-0.2, -0.15) is 4.72 Å². The highest BCUT2D eigenvalue weighted by molar-refractivity contribution is 7.89. The fraction of sp³-hybridized carbons (Fsp3) is 0.200. The lowest BCUT2D eigenvalue weighted by molar-refractivity contribution is 0.0742. The second-order valence-electron chi connectivity index (χ2n) is 6.16. The first-order valence-electron chi connectivity index (χ1n) is 8.49. The molecule has 1 unspecified atom stereocenters. The molecule has 1 atom stereocenters. The summed E-state index contributed by atoms with van der Waals surface area (Å²) in [5.41, 5.74) is 1.30. The van der Waals surface area contributed by atoms with E-state index in [1.165, 1.54) is 24.3 Å². The summed E-state index contributed by atoms with van der Waals surface area (Å²) in [7, 11) is -1.98. The molecule has 0 saturated carbocycles. The Labute approximate surface area is 168 Å². The van der Waals surface area contributed by atoms with E-state index in [4.69, 9.17) is 6.42 Å². The Morgan fingerprint density at radius 3 is 2.57 bits per heavy atom. The molecule has 3 rings (SSSR count). The number of sulfonamides is 1. The zero-order valence-electron chi connectivity index (χ0n) is 15.4. The van der Waals surface area contributed by atoms with Crippen molar-refractivity contribution in [2.75, 3.05) is 13.6 Å². The van der Waals surface area contributed by atoms with Gasteiger partial charge >= 0.3 is 0 Å². The highest BCUT2D eigenvalue weighted by Gasteiger charge is 2.22. The Balaban J connectivity index is 1.78. The molecule has 2 aromatic carbocycles. The number of aromatic nitrogens is 1. The van der Waals surface area contributed by atoms with E-state index in [2.05, 4.69) is 15.6 Å². The van der Waals surface area contributed by atoms with Crippen molar-refractivity contribution < 1.29 is 13.2 Å². The van der Waals surface area contributed by atoms with Crippen LogP contribution in [0, 0.1) is 12.3 Å². The summed E-state index contributed by atoms with van der Waals surface area (Å²) in [5.74, 6) is 2.00. The first-order chi connectivity index (χ1) is 13.3. The third-order valence-corrected chi connectivity index (χ3v) is 6.97. The van der Waals surface area contributed by atoms with Crippen LogP contribution >= 0.6 is 11.3 Å². The second-order valence-corrected chi connectivity index (χ2v) is 8.99. The number of carbonyl (C=O) groups is 1. The molecule has 0 spiro atoms. The third kappa shape index (κ3) is 4.07. The Hall–Kier alpha value is -2.73. The van der Waals surface area contributed by atoms with Gasteiger partial charge in [-0.15, -0.1) is 17.8 Å². The Morgan fingerprint density at radius 2 is 1.93 bits per heavy atom. The van der Waals surface area contributed by atoms with E-state index in [0.717, 1.165) is 15.2 Å². The van der Waals surface area contributed by atoms with Gasteiger partial charge in [0, 0.05) is 12.6 Å². The Morgan fingerprint density at radius 1 is 1.25 bits per heavy atom. The molecule has 0 aliphatic heterocycles. The molecule has 6 nitrogen and oxygen atoms in total. The van der Waals surface area contributed by atoms with Crippen molar-refractivity contribution in [3.8, 4) is 12.3 Å². The van der Waals surface area contributed by atoms with Crippen LogP contribution in [0.15, 0.2) is 53.4 Å². The zero-order valence-corrected chi connectivity index (χ0v) is 17.0. The molecular formula is C20H19N3O3S2. The van der Waals surface area contributed by atoms with Crippen LogP contribution in [-0.4, -0.2) is 37.8 Å². The second kappa shape index (κ2) is 8.10. The van der Waals surface area contributed by atoms with Crippen molar-refractivity contribution in [3.05, 3.63) is 59.1 Å². The number of hydrogen-bond acceptors (Lipinski definition) is 5. The average Bonchev–Trinajstić information content (AvgIpc) is 3.15. The molecule has 0 saturated heterocycles. The van der Waals surface area contributed by atoms with Crippen LogP contribution in [-0.2, 0) is 10.0 Å². The summed E-state index contributed by atoms with van der Waals surface area (Å²) in [4.78, 5) is 19.1. The number of nitrogens with zero attached hydrogens (tertiary/aromatic N) is 2. The minimum absolute atomic E-state index is 0.0566. The number of nitrogens with one attached hydrogen (secondary N) is 1. The fourth-order valence-electron chi connectivity index (χ4n) is 2.61. The molecule has 0 aliphatic rings. The normalized spacial score (nSPS) is 12.5. The van der Waals surface area contributed by atoms with Gasteiger partial charge in [0.25, 0.3) is 5.91 Å². The van der Waals surface area contributed by atoms with Gasteiger partial charge < -0.3 is 4.90 Å². The number of rotatable bonds is 6. The van der Waals surface area contributed by atoms with E-state index < -0.39 is 10.0 Å². The number of amides is 1. The third-order valence-electron chi connectivity index (χ3n) is 4.34. The Bertz CT molecular complexity index is 1110. The number of fused-ring (bicyclic) bond motifs is 1. The van der Waals surface area contributed by atoms with Gasteiger partial charge in [0.05, 0.1) is 27.7 Å². The lowest BCUT2D eigenvalue weighted by atomic mass is 10.2. The molecule has 1 amide bonds. The first-order valence-corrected chi connectivity index (χ1v) is 10.8. The minimum Gasteiger partial charge on any atom is -0.333 e. The van der Waals surface area contributed by atoms with Gasteiger partial charge in [-0.25, -0.2) is 13.4 Å². The van der Waals surface area contributed by atoms with Crippen molar-refractivity contribution in [1.29, 1.82) is 0 Å². The van der Waals surface area contributed by atoms with E-state index >= 15 is 0 Å². The number of benzene rings is 2. The first kappa shape index (κ1) is 20.0. The predicted octanol–water partition coefficient (Wildman–Crippen LogP) is 3.04. The minimum atomic E-state index is -3.69. The van der Waals surface area contributed by atoms with Crippen molar-refractivity contribution >= 4 is 37.5 Å². The number of para-hydroxylation sites is 1. The molecule has 3 aromatic rings. The number of terminal acetylenes is 1. The molecule has 8 heteroatoms. The van der Waals surface area contributed by atoms with Gasteiger partial charge in [-0.1, -0.05) is 18.1 Å². The summed E-state index contributed by atoms with van der Waals surface area (Å²) in [6, 6.07) is 13.4. The standard InChI is InChI=1S/C20H19N3O3S2/c1-4-13-21-28(25,26)16-11-9-15(10-12-16)20(24)23(3)14(2)19-22-17-7-5-6-8-18(17)27-19/h1,5-12,14,21H,13H2,2-3H3. The van der Waals surface area contributed by atoms with Crippen LogP contribution in [0.2, 0.25) is 0 Å². The van der Waals surface area contributed by atoms with Crippen LogP contribution in [0.5, 0.6) is 0 Å². The Kier molecular flexibility index (Phi) is 5.79. The van der Waals surface area contributed by atoms with E-state index in [1.54, 1.807) is 23.3 Å². The van der Waals surface area contributed by atoms with Gasteiger partial charge in [0.2, 0.25) is 10.0 Å². The maximum absolute atomic E-state index is 12.8. The summed E-state index contributed by atoms with van der Waals surface area (Å²) in [5, 5.41) is 0.842. The lowest BCUT2D eigenvalue weighted by Gasteiger charge is -2.23. The van der Waals surface area contributed by atoms with Crippen LogP contribution in [0.25, 0.3) is 10.2 Å². The van der Waals surface area contributed by atoms with Gasteiger partial charge in [0.1, 0.15) is 5.01 Å². The number of thiazole rings is 1. The molecule has 0 fully saturated rings. The molecule has 0 bridgehead atoms. The number of hydrogen-bond donors (Lipinski definition) is 1. The summed E-state index contributed by atoms with van der Waals surface area (Å²) in [6.07, 6.45) is 5.08. The SMILES string of the molecule is C#CCNS(=O)(=O)c1ccc(C(=O)N(C)C(C)c2nc3ccccc3s2)cc1. The van der Waals surface area contributed by atoms with E-state index in [9.17, 15) is 13.2 Å². The van der Waals surface area contributed by atoms with E-state index in [0.29, 0.717) is 5.56 Å². The van der Waals surface area contributed by atoms with Crippen molar-refractivity contribution in [2.45, 2.75) is 17.9 Å². The van der Waals surface area contributed by atoms with Crippen molar-refractivity contribution in [1.82, 2.24) is 14.6 Å². The van der Waals surface area contributed by atoms with Crippen LogP contribution in [0.1, 0.15) is 28.3 Å². The molecule has 144 valence electrons. The molecule has 1 N–H and O–H groups in total. The monoisotopic (exact) mass is 413 g/mol. The van der Waals surface area contributed by atoms with Crippen molar-refractivity contribution in [3.63, 3.8) is 0 Å². The van der Waals surface area contributed by atoms with Gasteiger partial charge in [0.15, 0.2) is 0 Å². The van der Waals surface area contributed by atoms with Gasteiger partial charge in [-0.3, -0.25) is 4.79 Å². The topological polar surface area (TPSA) is 79.4 Å². The zero-order chi connectivity index (χ0) is 20.3. The molecule has 28 heavy (non-hydrogen) atoms. The van der Waals surface area contributed by atoms with Crippen LogP contribution in [0.4, 0.5) is 0 Å². The lowest BCUT2D eigenvalue weighted by Crippen LogP contribution is -2.29. The molecule has 1 aromatic heterocycles. The average molecular weight is 414 g/mol. The highest BCUT2D eigenvalue weighted by atomic mass is 32.2. The smallest absolute Gasteiger partial charge is 0.254 e. The van der Waals surface area contributed by atoms with Crippen LogP contribution < -0.4 is 4.72 Å². The quantitative estimate of drug-likeness (QED) is 0.630. The van der Waals surface area contributed by atoms with Crippen LogP contribution in [0.3, 0.4) is 0 Å². The van der Waals surface area contributed by atoms with E-state index in [1.807, 2.05) is 31.2 Å². The summed E-state index contributed by atoms with van der Waals surface area (Å²) >= 11 is 1.55. The van der Waals surface area contributed by atoms with E-state index in [-0.39, 0.29) is 23.4 Å². The molecular weight excluding hydrogens is 394 g/mol. The maximum atomic E-state index is 12.8. The molecule has 1 heterocycles. The molecule has 0 radical (unpaired) electrons. The molecule has 0 aliphatic carbocycles. The summed E-state index contributed by atoms with van der Waals surface area (Å²) < 4.78 is 27.5. The largest absolute Gasteiger partial charge is 0.333 e. The van der Waals surface area contributed by atoms with Crippen molar-refractivity contribution in [2.24, 2.45) is 0 Å². The summed E-state index contributed by atoms with van der Waals surface area (Å²) in [6.45, 7) is 1.82. The maximum Gasteiger partial charge on any atom is 0.254 e. The fourth-order valence-corrected chi connectivity index (χ4v) is 4.61. The highest BCUT2D eigenvalue weighted by Crippen LogP contribution is 2.29. The number of carbonyl (C=O) groups excluding carboxylic acids is 1. The predicted molar refractivity (Wildman–Crippen MR) is 111 cm³/mol.